The molecule has 1 atom stereocenters. The van der Waals surface area contributed by atoms with E-state index in [1.807, 2.05) is 18.2 Å². The van der Waals surface area contributed by atoms with Gasteiger partial charge in [-0.15, -0.1) is 5.53 Å². The van der Waals surface area contributed by atoms with Gasteiger partial charge in [0.2, 0.25) is 0 Å². The number of hydrogen-bond donors (Lipinski definition) is 4. The van der Waals surface area contributed by atoms with Crippen LogP contribution in [0.15, 0.2) is 77.7 Å². The number of hydrogen-bond acceptors (Lipinski definition) is 10. The van der Waals surface area contributed by atoms with E-state index in [1.54, 1.807) is 25.4 Å². The van der Waals surface area contributed by atoms with Crippen molar-refractivity contribution in [1.82, 2.24) is 25.9 Å². The molecule has 0 spiro atoms. The number of benzene rings is 2. The molecule has 13 heteroatoms. The summed E-state index contributed by atoms with van der Waals surface area (Å²) in [5.41, 5.74) is 10.8. The minimum absolute atomic E-state index is 0.0386. The molecule has 10 nitrogen and oxygen atoms in total. The highest BCUT2D eigenvalue weighted by Crippen LogP contribution is 2.36. The standard InChI is InChI=1S/C33H34Cl2FN9O/c1-20(4-3-9-38-2)31(30-17-45(43-42-30)24-7-10-44(11-8-24)25-18-46-19-25)41-23-12-26-32(40-22-5-6-29(36)27(34)13-22)21(15-37)16-39-33(26)28(35)14-23/h3-6,9,12-14,16-17,24-25,31,41-43H,1,7-8,10-11,18-19H2,2H3,(H,39,40)/b4-3-,38-9?/t31-/m0/s1. The molecular formula is C33H34Cl2FN9O. The molecule has 1 aromatic heterocycles. The SMILES string of the molecule is C=C(/C=C\C=NC)[C@H](Nc1cc(Cl)c2ncc(C#N)c(Nc3ccc(F)c(Cl)c3)c2c1)C1=CN(C2CCN(C3COC3)CC2)NN1. The molecule has 3 aliphatic rings. The summed E-state index contributed by atoms with van der Waals surface area (Å²) in [7, 11) is 1.71. The third-order valence-electron chi connectivity index (χ3n) is 8.41. The Hall–Kier alpha value is -4.18. The van der Waals surface area contributed by atoms with Crippen LogP contribution in [0.5, 0.6) is 0 Å². The molecule has 2 fully saturated rings. The van der Waals surface area contributed by atoms with E-state index in [1.165, 1.54) is 18.3 Å². The van der Waals surface area contributed by atoms with Gasteiger partial charge in [0.1, 0.15) is 11.9 Å². The maximum atomic E-state index is 13.9. The van der Waals surface area contributed by atoms with Gasteiger partial charge in [-0.3, -0.25) is 19.9 Å². The molecule has 238 valence electrons. The molecule has 0 bridgehead atoms. The summed E-state index contributed by atoms with van der Waals surface area (Å²) in [4.78, 5) is 11.0. The first-order valence-electron chi connectivity index (χ1n) is 15.0. The van der Waals surface area contributed by atoms with Crippen molar-refractivity contribution in [2.24, 2.45) is 4.99 Å². The van der Waals surface area contributed by atoms with E-state index in [4.69, 9.17) is 27.9 Å². The van der Waals surface area contributed by atoms with Gasteiger partial charge in [-0.2, -0.15) is 5.26 Å². The molecule has 2 saturated heterocycles. The summed E-state index contributed by atoms with van der Waals surface area (Å²) in [5.74, 6) is -0.538. The fourth-order valence-electron chi connectivity index (χ4n) is 5.82. The van der Waals surface area contributed by atoms with Crippen LogP contribution >= 0.6 is 23.2 Å². The fourth-order valence-corrected chi connectivity index (χ4v) is 6.27. The second-order valence-electron chi connectivity index (χ2n) is 11.4. The number of ether oxygens (including phenoxy) is 1. The van der Waals surface area contributed by atoms with Gasteiger partial charge in [0.05, 0.1) is 57.8 Å². The van der Waals surface area contributed by atoms with Crippen LogP contribution < -0.4 is 21.6 Å². The number of fused-ring (bicyclic) bond motifs is 1. The number of nitrogens with one attached hydrogen (secondary N) is 4. The van der Waals surface area contributed by atoms with Crippen LogP contribution in [0.3, 0.4) is 0 Å². The molecule has 3 aromatic rings. The molecule has 0 amide bonds. The Labute approximate surface area is 277 Å². The molecule has 4 heterocycles. The molecule has 0 saturated carbocycles. The molecule has 0 unspecified atom stereocenters. The predicted molar refractivity (Wildman–Crippen MR) is 182 cm³/mol. The fraction of sp³-hybridized carbons (Fsp3) is 0.303. The van der Waals surface area contributed by atoms with E-state index >= 15 is 0 Å². The van der Waals surface area contributed by atoms with Crippen molar-refractivity contribution >= 4 is 57.4 Å². The summed E-state index contributed by atoms with van der Waals surface area (Å²) in [6, 6.07) is 10.6. The largest absolute Gasteiger partial charge is 0.378 e. The smallest absolute Gasteiger partial charge is 0.141 e. The normalized spacial score (nSPS) is 18.4. The summed E-state index contributed by atoms with van der Waals surface area (Å²) >= 11 is 12.8. The summed E-state index contributed by atoms with van der Waals surface area (Å²) in [6.07, 6.45) is 11.0. The summed E-state index contributed by atoms with van der Waals surface area (Å²) < 4.78 is 19.2. The molecule has 4 N–H and O–H groups in total. The van der Waals surface area contributed by atoms with Crippen LogP contribution in [-0.2, 0) is 4.74 Å². The highest BCUT2D eigenvalue weighted by Gasteiger charge is 2.33. The average molecular weight is 663 g/mol. The van der Waals surface area contributed by atoms with Crippen LogP contribution in [0.4, 0.5) is 21.5 Å². The Morgan fingerprint density at radius 1 is 1.20 bits per heavy atom. The number of halogens is 3. The lowest BCUT2D eigenvalue weighted by Gasteiger charge is -2.42. The van der Waals surface area contributed by atoms with Crippen molar-refractivity contribution in [3.63, 3.8) is 0 Å². The van der Waals surface area contributed by atoms with E-state index in [0.29, 0.717) is 50.6 Å². The number of aliphatic imine (C=N–C) groups is 1. The molecule has 46 heavy (non-hydrogen) atoms. The number of piperidine rings is 1. The van der Waals surface area contributed by atoms with E-state index in [-0.39, 0.29) is 11.1 Å². The van der Waals surface area contributed by atoms with Crippen molar-refractivity contribution in [2.75, 3.05) is 44.0 Å². The van der Waals surface area contributed by atoms with Crippen molar-refractivity contribution in [3.05, 3.63) is 94.2 Å². The average Bonchev–Trinajstić information content (AvgIpc) is 3.51. The third-order valence-corrected chi connectivity index (χ3v) is 8.99. The lowest BCUT2D eigenvalue weighted by atomic mass is 10.0. The van der Waals surface area contributed by atoms with Gasteiger partial charge >= 0.3 is 0 Å². The minimum Gasteiger partial charge on any atom is -0.378 e. The Balaban J connectivity index is 1.30. The Bertz CT molecular complexity index is 1760. The van der Waals surface area contributed by atoms with Gasteiger partial charge in [-0.05, 0) is 54.8 Å². The van der Waals surface area contributed by atoms with Crippen molar-refractivity contribution in [3.8, 4) is 6.07 Å². The maximum Gasteiger partial charge on any atom is 0.141 e. The van der Waals surface area contributed by atoms with E-state index in [0.717, 1.165) is 50.4 Å². The van der Waals surface area contributed by atoms with Crippen molar-refractivity contribution < 1.29 is 9.13 Å². The van der Waals surface area contributed by atoms with Gasteiger partial charge < -0.3 is 20.8 Å². The number of anilines is 3. The zero-order valence-electron chi connectivity index (χ0n) is 25.2. The topological polar surface area (TPSA) is 113 Å². The zero-order valence-corrected chi connectivity index (χ0v) is 26.7. The van der Waals surface area contributed by atoms with Gasteiger partial charge in [0, 0.05) is 61.6 Å². The lowest BCUT2D eigenvalue weighted by molar-refractivity contribution is -0.0760. The second-order valence-corrected chi connectivity index (χ2v) is 12.2. The van der Waals surface area contributed by atoms with Crippen LogP contribution in [-0.4, -0.2) is 72.6 Å². The minimum atomic E-state index is -0.538. The van der Waals surface area contributed by atoms with Gasteiger partial charge in [0.15, 0.2) is 0 Å². The van der Waals surface area contributed by atoms with Crippen LogP contribution in [0, 0.1) is 17.1 Å². The molecule has 0 radical (unpaired) electrons. The van der Waals surface area contributed by atoms with Crippen LogP contribution in [0.1, 0.15) is 18.4 Å². The van der Waals surface area contributed by atoms with Gasteiger partial charge in [-0.25, -0.2) is 4.39 Å². The monoisotopic (exact) mass is 661 g/mol. The van der Waals surface area contributed by atoms with E-state index in [2.05, 4.69) is 60.3 Å². The number of nitriles is 1. The number of likely N-dealkylation sites (tertiary alicyclic amines) is 1. The van der Waals surface area contributed by atoms with Gasteiger partial charge in [-0.1, -0.05) is 35.9 Å². The Morgan fingerprint density at radius 2 is 1.98 bits per heavy atom. The first-order valence-corrected chi connectivity index (χ1v) is 15.7. The Morgan fingerprint density at radius 3 is 2.67 bits per heavy atom. The molecule has 2 aromatic carbocycles. The lowest BCUT2D eigenvalue weighted by Crippen LogP contribution is -2.55. The highest BCUT2D eigenvalue weighted by molar-refractivity contribution is 6.36. The van der Waals surface area contributed by atoms with E-state index < -0.39 is 5.82 Å². The van der Waals surface area contributed by atoms with Crippen molar-refractivity contribution in [1.29, 1.82) is 5.26 Å². The molecule has 3 aliphatic heterocycles. The Kier molecular flexibility index (Phi) is 9.72. The number of pyridine rings is 1. The number of hydrazine groups is 2. The molecule has 6 rings (SSSR count). The first kappa shape index (κ1) is 31.8. The van der Waals surface area contributed by atoms with Crippen molar-refractivity contribution in [2.45, 2.75) is 31.0 Å². The van der Waals surface area contributed by atoms with Crippen LogP contribution in [0.2, 0.25) is 10.0 Å². The quantitative estimate of drug-likeness (QED) is 0.155. The number of allylic oxidation sites excluding steroid dienone is 1. The maximum absolute atomic E-state index is 13.9. The van der Waals surface area contributed by atoms with E-state index in [9.17, 15) is 9.65 Å². The zero-order chi connectivity index (χ0) is 32.2. The van der Waals surface area contributed by atoms with Crippen LogP contribution in [0.25, 0.3) is 10.9 Å². The summed E-state index contributed by atoms with van der Waals surface area (Å²) in [5, 5.41) is 19.8. The highest BCUT2D eigenvalue weighted by atomic mass is 35.5. The predicted octanol–water partition coefficient (Wildman–Crippen LogP) is 5.92. The first-order chi connectivity index (χ1) is 22.3. The third kappa shape index (κ3) is 6.82. The number of rotatable bonds is 10. The molecule has 0 aliphatic carbocycles. The molecular weight excluding hydrogens is 628 g/mol. The second kappa shape index (κ2) is 14.1. The van der Waals surface area contributed by atoms with Gasteiger partial charge in [0.25, 0.3) is 0 Å². The number of nitrogens with zero attached hydrogens (tertiary/aromatic N) is 5. The summed E-state index contributed by atoms with van der Waals surface area (Å²) in [6.45, 7) is 8.07. The number of aromatic nitrogens is 1.